The van der Waals surface area contributed by atoms with Crippen molar-refractivity contribution in [3.63, 3.8) is 0 Å². The molecule has 7 atom stereocenters. The van der Waals surface area contributed by atoms with Crippen molar-refractivity contribution >= 4 is 39.8 Å². The van der Waals surface area contributed by atoms with Crippen LogP contribution in [0.5, 0.6) is 5.75 Å². The van der Waals surface area contributed by atoms with Gasteiger partial charge in [0, 0.05) is 33.6 Å². The van der Waals surface area contributed by atoms with Gasteiger partial charge in [-0.05, 0) is 61.1 Å². The molecule has 1 amide bonds. The summed E-state index contributed by atoms with van der Waals surface area (Å²) in [7, 11) is 0. The molecule has 3 heterocycles. The molecule has 0 radical (unpaired) electrons. The number of nitrogens with one attached hydrogen (secondary N) is 3. The molecular weight excluding hydrogens is 757 g/mol. The monoisotopic (exact) mass is 818 g/mol. The Hall–Kier alpha value is -4.21. The van der Waals surface area contributed by atoms with Crippen LogP contribution in [0.25, 0.3) is 11.0 Å². The van der Waals surface area contributed by atoms with Crippen molar-refractivity contribution in [2.24, 2.45) is 35.1 Å². The fourth-order valence-electron chi connectivity index (χ4n) is 8.08. The first kappa shape index (κ1) is 44.9. The number of rotatable bonds is 21. The lowest BCUT2D eigenvalue weighted by Crippen LogP contribution is -2.50. The molecule has 316 valence electrons. The quantitative estimate of drug-likeness (QED) is 0.0385. The molecule has 5 rings (SSSR count). The molecule has 1 aliphatic rings. The molecule has 3 aromatic heterocycles. The number of benzene rings is 1. The second-order valence-corrected chi connectivity index (χ2v) is 17.5. The van der Waals surface area contributed by atoms with E-state index in [2.05, 4.69) is 27.2 Å². The number of aliphatic hydroxyl groups excluding tert-OH is 2. The number of ketones is 2. The van der Waals surface area contributed by atoms with E-state index in [4.69, 9.17) is 16.2 Å². The summed E-state index contributed by atoms with van der Waals surface area (Å²) in [5.74, 6) is -1.93. The first-order valence-electron chi connectivity index (χ1n) is 20.9. The Morgan fingerprint density at radius 3 is 2.45 bits per heavy atom. The molecule has 3 unspecified atom stereocenters. The Bertz CT molecular complexity index is 2050. The molecule has 58 heavy (non-hydrogen) atoms. The summed E-state index contributed by atoms with van der Waals surface area (Å²) in [6.45, 7) is 9.73. The Balaban J connectivity index is 1.37. The number of thiophene rings is 1. The van der Waals surface area contributed by atoms with Crippen LogP contribution in [0, 0.1) is 23.7 Å². The predicted molar refractivity (Wildman–Crippen MR) is 227 cm³/mol. The van der Waals surface area contributed by atoms with Gasteiger partial charge in [-0.15, -0.1) is 11.3 Å². The van der Waals surface area contributed by atoms with E-state index in [1.54, 1.807) is 49.4 Å². The Labute approximate surface area is 344 Å². The molecule has 4 aromatic rings. The van der Waals surface area contributed by atoms with E-state index in [0.29, 0.717) is 37.5 Å². The molecule has 1 fully saturated rings. The van der Waals surface area contributed by atoms with Crippen LogP contribution in [0.2, 0.25) is 0 Å². The van der Waals surface area contributed by atoms with Gasteiger partial charge < -0.3 is 41.7 Å². The van der Waals surface area contributed by atoms with Gasteiger partial charge in [0.25, 0.3) is 0 Å². The number of ether oxygens (including phenoxy) is 1. The maximum atomic E-state index is 14.5. The van der Waals surface area contributed by atoms with Gasteiger partial charge in [0.15, 0.2) is 11.6 Å². The molecule has 0 saturated heterocycles. The van der Waals surface area contributed by atoms with Gasteiger partial charge in [0.05, 0.1) is 59.6 Å². The SMILES string of the molecule is CC[C@@H](C)[C@H](N)C(=O)NCc1ncc(C(=O)C(C(C)C)C(O)[C@H](O)[C@@H](N)CC2CCCCC2)cc1C(=O)c1ccccc1OCCCC(C)c1scc2[nH]c(=O)[nH]c12. The van der Waals surface area contributed by atoms with Gasteiger partial charge in [-0.2, -0.15) is 0 Å². The summed E-state index contributed by atoms with van der Waals surface area (Å²) in [6, 6.07) is 6.84. The summed E-state index contributed by atoms with van der Waals surface area (Å²) in [5.41, 5.74) is 14.7. The highest BCUT2D eigenvalue weighted by atomic mass is 32.1. The van der Waals surface area contributed by atoms with Crippen LogP contribution in [0.4, 0.5) is 0 Å². The highest BCUT2D eigenvalue weighted by Gasteiger charge is 2.38. The van der Waals surface area contributed by atoms with Crippen molar-refractivity contribution in [2.45, 2.75) is 129 Å². The Kier molecular flexibility index (Phi) is 16.0. The van der Waals surface area contributed by atoms with Gasteiger partial charge in [-0.25, -0.2) is 4.79 Å². The molecule has 9 N–H and O–H groups in total. The number of amides is 1. The van der Waals surface area contributed by atoms with E-state index >= 15 is 0 Å². The maximum Gasteiger partial charge on any atom is 0.323 e. The third-order valence-electron chi connectivity index (χ3n) is 11.9. The number of para-hydroxylation sites is 1. The van der Waals surface area contributed by atoms with Gasteiger partial charge in [-0.1, -0.05) is 85.3 Å². The largest absolute Gasteiger partial charge is 0.493 e. The number of H-pyrrole nitrogens is 2. The van der Waals surface area contributed by atoms with Crippen LogP contribution < -0.4 is 27.2 Å². The van der Waals surface area contributed by atoms with Crippen molar-refractivity contribution in [3.05, 3.63) is 79.7 Å². The highest BCUT2D eigenvalue weighted by molar-refractivity contribution is 7.11. The average molecular weight is 819 g/mol. The number of nitrogens with two attached hydrogens (primary N) is 2. The van der Waals surface area contributed by atoms with E-state index in [1.165, 1.54) is 18.7 Å². The second kappa shape index (κ2) is 20.7. The number of carbonyl (C=O) groups excluding carboxylic acids is 3. The van der Waals surface area contributed by atoms with E-state index < -0.39 is 41.8 Å². The van der Waals surface area contributed by atoms with Crippen molar-refractivity contribution in [1.82, 2.24) is 20.3 Å². The minimum atomic E-state index is -1.45. The number of imidazole rings is 1. The molecule has 1 saturated carbocycles. The van der Waals surface area contributed by atoms with E-state index in [-0.39, 0.29) is 58.3 Å². The lowest BCUT2D eigenvalue weighted by atomic mass is 9.78. The zero-order chi connectivity index (χ0) is 42.1. The second-order valence-electron chi connectivity index (χ2n) is 16.6. The fourth-order valence-corrected chi connectivity index (χ4v) is 9.13. The van der Waals surface area contributed by atoms with E-state index in [1.807, 2.05) is 19.2 Å². The number of hydrogen-bond donors (Lipinski definition) is 7. The van der Waals surface area contributed by atoms with Crippen LogP contribution in [-0.2, 0) is 11.3 Å². The zero-order valence-electron chi connectivity index (χ0n) is 34.5. The number of hydrogen-bond acceptors (Lipinski definition) is 11. The first-order valence-corrected chi connectivity index (χ1v) is 21.7. The molecule has 1 aliphatic carbocycles. The summed E-state index contributed by atoms with van der Waals surface area (Å²) in [6.07, 6.45) is 6.79. The summed E-state index contributed by atoms with van der Waals surface area (Å²) in [4.78, 5) is 64.9. The van der Waals surface area contributed by atoms with Crippen LogP contribution in [0.15, 0.2) is 46.7 Å². The normalized spacial score (nSPS) is 17.3. The minimum absolute atomic E-state index is 0.0735. The van der Waals surface area contributed by atoms with Crippen molar-refractivity contribution in [1.29, 1.82) is 0 Å². The zero-order valence-corrected chi connectivity index (χ0v) is 35.3. The van der Waals surface area contributed by atoms with Crippen molar-refractivity contribution < 1.29 is 29.3 Å². The number of carbonyl (C=O) groups is 3. The summed E-state index contributed by atoms with van der Waals surface area (Å²) >= 11 is 1.59. The molecule has 0 bridgehead atoms. The third kappa shape index (κ3) is 10.9. The molecule has 1 aromatic carbocycles. The number of fused-ring (bicyclic) bond motifs is 1. The number of aliphatic hydroxyl groups is 2. The standard InChI is InChI=1S/C44H62N6O7S/c1-6-25(4)36(46)43(55)48-22-32-30(20-28(21-47-32)38(51)35(24(2)3)41(54)40(53)31(45)19-27-14-8-7-9-15-27)39(52)29-16-10-11-17-34(29)57-18-12-13-26(5)42-37-33(23-58-42)49-44(56)50-37/h10-11,16-17,20-21,23-27,31,35-36,40-41,53-54H,6-9,12-15,18-19,22,45-46H2,1-5H3,(H,48,55)(H2,49,50,56)/t25-,26?,31+,35?,36+,40-,41?/m1/s1. The minimum Gasteiger partial charge on any atom is -0.493 e. The van der Waals surface area contributed by atoms with E-state index in [0.717, 1.165) is 48.0 Å². The van der Waals surface area contributed by atoms with Crippen LogP contribution >= 0.6 is 11.3 Å². The van der Waals surface area contributed by atoms with Crippen molar-refractivity contribution in [2.75, 3.05) is 6.61 Å². The molecule has 0 spiro atoms. The number of Topliss-reactive ketones (excluding diaryl/α,β-unsaturated/α-hetero) is 1. The topological polar surface area (TPSA) is 227 Å². The first-order chi connectivity index (χ1) is 27.7. The van der Waals surface area contributed by atoms with Crippen molar-refractivity contribution in [3.8, 4) is 5.75 Å². The van der Waals surface area contributed by atoms with Gasteiger partial charge in [0.2, 0.25) is 5.91 Å². The number of aromatic nitrogens is 3. The highest BCUT2D eigenvalue weighted by Crippen LogP contribution is 2.33. The van der Waals surface area contributed by atoms with Gasteiger partial charge in [-0.3, -0.25) is 19.4 Å². The van der Waals surface area contributed by atoms with Gasteiger partial charge >= 0.3 is 5.69 Å². The lowest BCUT2D eigenvalue weighted by molar-refractivity contribution is -0.123. The summed E-state index contributed by atoms with van der Waals surface area (Å²) in [5, 5.41) is 27.5. The smallest absolute Gasteiger partial charge is 0.323 e. The molecular formula is C44H62N6O7S. The van der Waals surface area contributed by atoms with Crippen LogP contribution in [-0.4, -0.2) is 73.5 Å². The lowest BCUT2D eigenvalue weighted by Gasteiger charge is -2.33. The predicted octanol–water partition coefficient (Wildman–Crippen LogP) is 5.97. The van der Waals surface area contributed by atoms with Crippen LogP contribution in [0.3, 0.4) is 0 Å². The van der Waals surface area contributed by atoms with E-state index in [9.17, 15) is 29.4 Å². The Morgan fingerprint density at radius 2 is 1.74 bits per heavy atom. The van der Waals surface area contributed by atoms with Gasteiger partial charge in [0.1, 0.15) is 5.75 Å². The summed E-state index contributed by atoms with van der Waals surface area (Å²) < 4.78 is 6.20. The molecule has 0 aliphatic heterocycles. The maximum absolute atomic E-state index is 14.5. The number of nitrogens with zero attached hydrogens (tertiary/aromatic N) is 1. The molecule has 13 nitrogen and oxygen atoms in total. The third-order valence-corrected chi connectivity index (χ3v) is 13.1. The van der Waals surface area contributed by atoms with Crippen LogP contribution in [0.1, 0.15) is 135 Å². The average Bonchev–Trinajstić information content (AvgIpc) is 3.79. The Morgan fingerprint density at radius 1 is 1.02 bits per heavy atom. The number of pyridine rings is 1. The number of aromatic amines is 2. The molecule has 14 heteroatoms. The fraction of sp³-hybridized carbons (Fsp3) is 0.568.